The van der Waals surface area contributed by atoms with Crippen LogP contribution >= 0.6 is 0 Å². The Hall–Kier alpha value is -1.40. The number of methoxy groups -OCH3 is 2. The molecule has 1 aromatic rings. The van der Waals surface area contributed by atoms with Gasteiger partial charge in [-0.25, -0.2) is 4.68 Å². The van der Waals surface area contributed by atoms with Gasteiger partial charge in [0.25, 0.3) is 5.56 Å². The highest BCUT2D eigenvalue weighted by molar-refractivity contribution is 5.40. The Morgan fingerprint density at radius 1 is 1.44 bits per heavy atom. The molecule has 0 radical (unpaired) electrons. The fourth-order valence-corrected chi connectivity index (χ4v) is 1.19. The fraction of sp³-hybridized carbons (Fsp3) is 0.600. The van der Waals surface area contributed by atoms with E-state index < -0.39 is 6.29 Å². The van der Waals surface area contributed by atoms with Crippen molar-refractivity contribution in [1.29, 1.82) is 0 Å². The van der Waals surface area contributed by atoms with Gasteiger partial charge in [0.15, 0.2) is 6.29 Å². The van der Waals surface area contributed by atoms with Crippen molar-refractivity contribution in [3.05, 3.63) is 22.6 Å². The van der Waals surface area contributed by atoms with E-state index >= 15 is 0 Å². The van der Waals surface area contributed by atoms with Gasteiger partial charge in [-0.15, -0.1) is 0 Å². The van der Waals surface area contributed by atoms with Crippen LogP contribution in [0.3, 0.4) is 0 Å². The standard InChI is InChI=1S/C10H17N3O3/c1-12(2)8-5-9(14)13(11-6-8)7-10(15-3)16-4/h5-6,10H,7H2,1-4H3. The molecule has 1 heterocycles. The predicted octanol–water partition coefficient (Wildman–Crippen LogP) is -0.0718. The van der Waals surface area contributed by atoms with Crippen LogP contribution in [0, 0.1) is 0 Å². The van der Waals surface area contributed by atoms with Crippen molar-refractivity contribution >= 4 is 5.69 Å². The third kappa shape index (κ3) is 3.04. The molecule has 0 spiro atoms. The zero-order valence-electron chi connectivity index (χ0n) is 10.0. The highest BCUT2D eigenvalue weighted by Crippen LogP contribution is 2.03. The highest BCUT2D eigenvalue weighted by atomic mass is 16.7. The Morgan fingerprint density at radius 2 is 2.06 bits per heavy atom. The van der Waals surface area contributed by atoms with Gasteiger partial charge in [-0.2, -0.15) is 5.10 Å². The molecule has 0 bridgehead atoms. The average molecular weight is 227 g/mol. The van der Waals surface area contributed by atoms with Crippen LogP contribution in [0.1, 0.15) is 0 Å². The summed E-state index contributed by atoms with van der Waals surface area (Å²) in [5, 5.41) is 4.04. The van der Waals surface area contributed by atoms with Crippen LogP contribution in [-0.4, -0.2) is 44.4 Å². The van der Waals surface area contributed by atoms with E-state index in [0.717, 1.165) is 5.69 Å². The Morgan fingerprint density at radius 3 is 2.50 bits per heavy atom. The van der Waals surface area contributed by atoms with E-state index in [1.54, 1.807) is 6.20 Å². The zero-order chi connectivity index (χ0) is 12.1. The zero-order valence-corrected chi connectivity index (χ0v) is 10.0. The Kier molecular flexibility index (Phi) is 4.45. The molecule has 0 amide bonds. The van der Waals surface area contributed by atoms with E-state index in [1.807, 2.05) is 19.0 Å². The molecule has 1 rings (SSSR count). The van der Waals surface area contributed by atoms with E-state index in [1.165, 1.54) is 25.0 Å². The summed E-state index contributed by atoms with van der Waals surface area (Å²) in [6.07, 6.45) is 1.17. The first-order chi connectivity index (χ1) is 7.58. The minimum Gasteiger partial charge on any atom is -0.376 e. The van der Waals surface area contributed by atoms with Crippen LogP contribution in [0.15, 0.2) is 17.1 Å². The van der Waals surface area contributed by atoms with E-state index in [0.29, 0.717) is 0 Å². The maximum Gasteiger partial charge on any atom is 0.268 e. The van der Waals surface area contributed by atoms with Crippen molar-refractivity contribution in [2.24, 2.45) is 0 Å². The second-order valence-corrected chi connectivity index (χ2v) is 3.53. The molecule has 0 aliphatic rings. The molecule has 0 saturated carbocycles. The highest BCUT2D eigenvalue weighted by Gasteiger charge is 2.09. The normalized spacial score (nSPS) is 10.8. The lowest BCUT2D eigenvalue weighted by Gasteiger charge is -2.15. The molecule has 0 fully saturated rings. The predicted molar refractivity (Wildman–Crippen MR) is 60.6 cm³/mol. The first-order valence-corrected chi connectivity index (χ1v) is 4.88. The van der Waals surface area contributed by atoms with E-state index in [-0.39, 0.29) is 12.1 Å². The lowest BCUT2D eigenvalue weighted by atomic mass is 10.4. The van der Waals surface area contributed by atoms with Gasteiger partial charge < -0.3 is 14.4 Å². The SMILES string of the molecule is COC(Cn1ncc(N(C)C)cc1=O)OC. The number of nitrogens with zero attached hydrogens (tertiary/aromatic N) is 3. The van der Waals surface area contributed by atoms with Crippen molar-refractivity contribution in [3.63, 3.8) is 0 Å². The maximum atomic E-state index is 11.7. The Labute approximate surface area is 94.4 Å². The van der Waals surface area contributed by atoms with Crippen molar-refractivity contribution < 1.29 is 9.47 Å². The van der Waals surface area contributed by atoms with Crippen LogP contribution in [0.2, 0.25) is 0 Å². The van der Waals surface area contributed by atoms with Gasteiger partial charge in [0, 0.05) is 34.4 Å². The number of hydrogen-bond donors (Lipinski definition) is 0. The summed E-state index contributed by atoms with van der Waals surface area (Å²) in [6.45, 7) is 0.277. The van der Waals surface area contributed by atoms with Crippen LogP contribution in [0.5, 0.6) is 0 Å². The molecule has 0 aliphatic heterocycles. The summed E-state index contributed by atoms with van der Waals surface area (Å²) in [4.78, 5) is 13.5. The number of ether oxygens (including phenoxy) is 2. The summed E-state index contributed by atoms with van der Waals surface area (Å²) in [6, 6.07) is 1.52. The maximum absolute atomic E-state index is 11.7. The van der Waals surface area contributed by atoms with Gasteiger partial charge in [-0.05, 0) is 0 Å². The number of hydrogen-bond acceptors (Lipinski definition) is 5. The molecule has 0 atom stereocenters. The van der Waals surface area contributed by atoms with Crippen molar-refractivity contribution in [2.45, 2.75) is 12.8 Å². The summed E-state index contributed by atoms with van der Waals surface area (Å²) >= 11 is 0. The third-order valence-electron chi connectivity index (χ3n) is 2.22. The van der Waals surface area contributed by atoms with Gasteiger partial charge in [0.2, 0.25) is 0 Å². The van der Waals surface area contributed by atoms with Gasteiger partial charge >= 0.3 is 0 Å². The lowest BCUT2D eigenvalue weighted by Crippen LogP contribution is -2.31. The van der Waals surface area contributed by atoms with E-state index in [9.17, 15) is 4.79 Å². The minimum atomic E-state index is -0.463. The number of anilines is 1. The molecule has 0 aliphatic carbocycles. The van der Waals surface area contributed by atoms with Crippen LogP contribution in [0.4, 0.5) is 5.69 Å². The number of rotatable bonds is 5. The lowest BCUT2D eigenvalue weighted by molar-refractivity contribution is -0.113. The summed E-state index contributed by atoms with van der Waals surface area (Å²) < 4.78 is 11.3. The van der Waals surface area contributed by atoms with E-state index in [4.69, 9.17) is 9.47 Å². The molecule has 0 unspecified atom stereocenters. The van der Waals surface area contributed by atoms with Crippen molar-refractivity contribution in [3.8, 4) is 0 Å². The first kappa shape index (κ1) is 12.7. The van der Waals surface area contributed by atoms with Gasteiger partial charge in [0.1, 0.15) is 0 Å². The average Bonchev–Trinajstić information content (AvgIpc) is 2.27. The number of aromatic nitrogens is 2. The quantitative estimate of drug-likeness (QED) is 0.659. The minimum absolute atomic E-state index is 0.176. The van der Waals surface area contributed by atoms with Gasteiger partial charge in [0.05, 0.1) is 18.4 Å². The summed E-state index contributed by atoms with van der Waals surface area (Å²) in [5.41, 5.74) is 0.595. The van der Waals surface area contributed by atoms with E-state index in [2.05, 4.69) is 5.10 Å². The van der Waals surface area contributed by atoms with Gasteiger partial charge in [-0.3, -0.25) is 4.79 Å². The summed E-state index contributed by atoms with van der Waals surface area (Å²) in [7, 11) is 6.75. The molecule has 16 heavy (non-hydrogen) atoms. The second kappa shape index (κ2) is 5.62. The fourth-order valence-electron chi connectivity index (χ4n) is 1.19. The molecule has 6 nitrogen and oxygen atoms in total. The molecule has 6 heteroatoms. The van der Waals surface area contributed by atoms with Crippen LogP contribution in [-0.2, 0) is 16.0 Å². The van der Waals surface area contributed by atoms with Crippen molar-refractivity contribution in [2.75, 3.05) is 33.2 Å². The third-order valence-corrected chi connectivity index (χ3v) is 2.22. The van der Waals surface area contributed by atoms with Crippen molar-refractivity contribution in [1.82, 2.24) is 9.78 Å². The summed E-state index contributed by atoms with van der Waals surface area (Å²) in [5.74, 6) is 0. The molecular formula is C10H17N3O3. The Balaban J connectivity index is 2.87. The molecule has 0 N–H and O–H groups in total. The molecule has 0 aromatic carbocycles. The molecule has 90 valence electrons. The smallest absolute Gasteiger partial charge is 0.268 e. The van der Waals surface area contributed by atoms with Crippen LogP contribution in [0.25, 0.3) is 0 Å². The monoisotopic (exact) mass is 227 g/mol. The van der Waals surface area contributed by atoms with Crippen LogP contribution < -0.4 is 10.5 Å². The molecular weight excluding hydrogens is 210 g/mol. The molecule has 1 aromatic heterocycles. The Bertz CT molecular complexity index is 385. The topological polar surface area (TPSA) is 56.6 Å². The largest absolute Gasteiger partial charge is 0.376 e. The molecule has 0 saturated heterocycles. The first-order valence-electron chi connectivity index (χ1n) is 4.88. The second-order valence-electron chi connectivity index (χ2n) is 3.53. The van der Waals surface area contributed by atoms with Gasteiger partial charge in [-0.1, -0.05) is 0 Å².